The minimum absolute atomic E-state index is 1.14. The fraction of sp³-hybridized carbons (Fsp3) is 0.375. The van der Waals surface area contributed by atoms with Gasteiger partial charge < -0.3 is 45.3 Å². The van der Waals surface area contributed by atoms with Gasteiger partial charge in [0, 0.05) is 0 Å². The first kappa shape index (κ1) is 26.3. The molecule has 0 atom stereocenters. The molecule has 9 N–H and O–H groups in total. The maximum absolute atomic E-state index is 10.3. The average molecular weight is 380 g/mol. The standard InChI is InChI=1S/C6H8O7.C2H2O4.H3O4P/c7-3(8)1-6(13,5(11)12)2-4(9)10;3-1(4)2(5)6;1-5(2,3)4/h13H,1-2H2,(H,7,8)(H,9,10)(H,11,12);(H,3,4)(H,5,6);(H3,1,2,3,4). The number of rotatable bonds is 5. The lowest BCUT2D eigenvalue weighted by atomic mass is 9.96. The van der Waals surface area contributed by atoms with Gasteiger partial charge in [-0.2, -0.15) is 0 Å². The highest BCUT2D eigenvalue weighted by Crippen LogP contribution is 2.25. The Bertz CT molecular complexity index is 493. The van der Waals surface area contributed by atoms with Crippen LogP contribution in [0.15, 0.2) is 0 Å². The number of aliphatic hydroxyl groups is 1. The first-order valence-electron chi connectivity index (χ1n) is 5.06. The molecule has 16 heteroatoms. The molecular weight excluding hydrogens is 367 g/mol. The van der Waals surface area contributed by atoms with Crippen molar-refractivity contribution in [3.63, 3.8) is 0 Å². The molecule has 0 aliphatic heterocycles. The molecule has 0 aliphatic rings. The Morgan fingerprint density at radius 1 is 0.708 bits per heavy atom. The van der Waals surface area contributed by atoms with Crippen molar-refractivity contribution >= 4 is 37.7 Å². The quantitative estimate of drug-likeness (QED) is 0.169. The SMILES string of the molecule is O=C(O)C(=O)O.O=C(O)CC(O)(CC(=O)O)C(=O)O.O=P(O)(O)O. The van der Waals surface area contributed by atoms with Gasteiger partial charge in [0.05, 0.1) is 12.8 Å². The van der Waals surface area contributed by atoms with Crippen molar-refractivity contribution in [3.8, 4) is 0 Å². The summed E-state index contributed by atoms with van der Waals surface area (Å²) in [6.45, 7) is 0. The van der Waals surface area contributed by atoms with E-state index in [2.05, 4.69) is 0 Å². The first-order chi connectivity index (χ1) is 10.4. The van der Waals surface area contributed by atoms with Crippen molar-refractivity contribution in [1.29, 1.82) is 0 Å². The zero-order chi connectivity index (χ0) is 20.3. The maximum atomic E-state index is 10.3. The highest BCUT2D eigenvalue weighted by molar-refractivity contribution is 7.45. The van der Waals surface area contributed by atoms with E-state index in [1.54, 1.807) is 0 Å². The van der Waals surface area contributed by atoms with Gasteiger partial charge in [0.25, 0.3) is 0 Å². The van der Waals surface area contributed by atoms with Gasteiger partial charge in [-0.3, -0.25) is 9.59 Å². The summed E-state index contributed by atoms with van der Waals surface area (Å²) in [5, 5.41) is 48.6. The van der Waals surface area contributed by atoms with Gasteiger partial charge in [0.15, 0.2) is 5.60 Å². The normalized spacial score (nSPS) is 10.2. The summed E-state index contributed by atoms with van der Waals surface area (Å²) < 4.78 is 8.88. The lowest BCUT2D eigenvalue weighted by Gasteiger charge is -2.18. The number of carboxylic acid groups (broad SMARTS) is 5. The molecule has 0 saturated carbocycles. The van der Waals surface area contributed by atoms with Crippen molar-refractivity contribution in [2.45, 2.75) is 18.4 Å². The third kappa shape index (κ3) is 21.7. The summed E-state index contributed by atoms with van der Waals surface area (Å²) in [6, 6.07) is 0. The van der Waals surface area contributed by atoms with E-state index in [0.717, 1.165) is 0 Å². The van der Waals surface area contributed by atoms with Crippen LogP contribution in [-0.4, -0.2) is 80.8 Å². The van der Waals surface area contributed by atoms with Crippen LogP contribution in [0.1, 0.15) is 12.8 Å². The van der Waals surface area contributed by atoms with Crippen molar-refractivity contribution in [2.75, 3.05) is 0 Å². The van der Waals surface area contributed by atoms with Crippen molar-refractivity contribution in [2.24, 2.45) is 0 Å². The number of phosphoric acid groups is 1. The zero-order valence-electron chi connectivity index (χ0n) is 11.3. The molecule has 0 aliphatic carbocycles. The predicted molar refractivity (Wildman–Crippen MR) is 66.6 cm³/mol. The van der Waals surface area contributed by atoms with Crippen LogP contribution in [0.2, 0.25) is 0 Å². The van der Waals surface area contributed by atoms with E-state index < -0.39 is 56.1 Å². The van der Waals surface area contributed by atoms with Crippen LogP contribution >= 0.6 is 7.82 Å². The van der Waals surface area contributed by atoms with Crippen molar-refractivity contribution in [1.82, 2.24) is 0 Å². The molecule has 0 rings (SSSR count). The van der Waals surface area contributed by atoms with E-state index in [0.29, 0.717) is 0 Å². The minimum Gasteiger partial charge on any atom is -0.481 e. The van der Waals surface area contributed by atoms with Gasteiger partial charge in [-0.1, -0.05) is 0 Å². The Morgan fingerprint density at radius 3 is 1.00 bits per heavy atom. The second-order valence-corrected chi connectivity index (χ2v) is 4.63. The van der Waals surface area contributed by atoms with Crippen LogP contribution in [0, 0.1) is 0 Å². The highest BCUT2D eigenvalue weighted by Gasteiger charge is 2.40. The van der Waals surface area contributed by atoms with Crippen LogP contribution in [0.3, 0.4) is 0 Å². The minimum atomic E-state index is -4.64. The molecule has 0 aromatic rings. The van der Waals surface area contributed by atoms with Crippen LogP contribution in [-0.2, 0) is 28.5 Å². The van der Waals surface area contributed by atoms with E-state index in [1.165, 1.54) is 0 Å². The van der Waals surface area contributed by atoms with Gasteiger partial charge in [-0.25, -0.2) is 18.9 Å². The molecule has 0 saturated heterocycles. The van der Waals surface area contributed by atoms with Gasteiger partial charge in [-0.15, -0.1) is 0 Å². The average Bonchev–Trinajstić information content (AvgIpc) is 2.24. The topological polar surface area (TPSA) is 284 Å². The summed E-state index contributed by atoms with van der Waals surface area (Å²) in [5.41, 5.74) is -2.74. The Labute approximate surface area is 131 Å². The third-order valence-electron chi connectivity index (χ3n) is 1.47. The number of carboxylic acids is 5. The van der Waals surface area contributed by atoms with Gasteiger partial charge in [0.2, 0.25) is 0 Å². The van der Waals surface area contributed by atoms with Crippen LogP contribution < -0.4 is 0 Å². The van der Waals surface area contributed by atoms with E-state index >= 15 is 0 Å². The summed E-state index contributed by atoms with van der Waals surface area (Å²) in [7, 11) is -4.64. The molecule has 0 spiro atoms. The molecule has 0 radical (unpaired) electrons. The zero-order valence-corrected chi connectivity index (χ0v) is 12.2. The molecule has 0 bridgehead atoms. The third-order valence-corrected chi connectivity index (χ3v) is 1.47. The monoisotopic (exact) mass is 380 g/mol. The molecule has 15 nitrogen and oxygen atoms in total. The molecule has 0 fully saturated rings. The Balaban J connectivity index is -0.000000332. The van der Waals surface area contributed by atoms with Crippen molar-refractivity contribution < 1.29 is 73.9 Å². The van der Waals surface area contributed by atoms with Gasteiger partial charge >= 0.3 is 37.7 Å². The predicted octanol–water partition coefficient (Wildman–Crippen LogP) is -3.02. The number of carbonyl (C=O) groups is 5. The molecular formula is C8H13O15P. The summed E-state index contributed by atoms with van der Waals surface area (Å²) >= 11 is 0. The smallest absolute Gasteiger partial charge is 0.466 e. The van der Waals surface area contributed by atoms with Crippen LogP contribution in [0.5, 0.6) is 0 Å². The summed E-state index contributed by atoms with van der Waals surface area (Å²) in [6.07, 6.45) is -2.29. The van der Waals surface area contributed by atoms with Gasteiger partial charge in [0.1, 0.15) is 0 Å². The van der Waals surface area contributed by atoms with Gasteiger partial charge in [-0.05, 0) is 0 Å². The molecule has 0 aromatic heterocycles. The fourth-order valence-electron chi connectivity index (χ4n) is 0.714. The van der Waals surface area contributed by atoms with E-state index in [9.17, 15) is 14.4 Å². The number of aliphatic carboxylic acids is 5. The Hall–Kier alpha value is -2.58. The van der Waals surface area contributed by atoms with Crippen LogP contribution in [0.4, 0.5) is 0 Å². The van der Waals surface area contributed by atoms with E-state index in [1.807, 2.05) is 0 Å². The lowest BCUT2D eigenvalue weighted by molar-refractivity contribution is -0.170. The number of hydrogen-bond donors (Lipinski definition) is 9. The largest absolute Gasteiger partial charge is 0.481 e. The summed E-state index contributed by atoms with van der Waals surface area (Å²) in [4.78, 5) is 70.2. The molecule has 140 valence electrons. The van der Waals surface area contributed by atoms with Crippen LogP contribution in [0.25, 0.3) is 0 Å². The fourth-order valence-corrected chi connectivity index (χ4v) is 0.714. The van der Waals surface area contributed by atoms with Crippen molar-refractivity contribution in [3.05, 3.63) is 0 Å². The maximum Gasteiger partial charge on any atom is 0.466 e. The second kappa shape index (κ2) is 11.0. The molecule has 24 heavy (non-hydrogen) atoms. The molecule has 0 amide bonds. The Morgan fingerprint density at radius 2 is 0.917 bits per heavy atom. The lowest BCUT2D eigenvalue weighted by Crippen LogP contribution is -2.42. The highest BCUT2D eigenvalue weighted by atomic mass is 31.2. The molecule has 0 unspecified atom stereocenters. The second-order valence-electron chi connectivity index (χ2n) is 3.60. The van der Waals surface area contributed by atoms with E-state index in [4.69, 9.17) is 59.5 Å². The Kier molecular flexibility index (Phi) is 12.1. The molecule has 0 aromatic carbocycles. The number of hydrogen-bond acceptors (Lipinski definition) is 7. The van der Waals surface area contributed by atoms with E-state index in [-0.39, 0.29) is 0 Å². The first-order valence-corrected chi connectivity index (χ1v) is 6.62. The summed E-state index contributed by atoms with van der Waals surface area (Å²) in [5.74, 6) is -8.67. The molecule has 0 heterocycles.